The number of aryl methyl sites for hydroxylation is 1. The molecule has 0 N–H and O–H groups in total. The van der Waals surface area contributed by atoms with Gasteiger partial charge in [-0.3, -0.25) is 0 Å². The molecule has 0 aliphatic carbocycles. The molecule has 0 aromatic heterocycles. The summed E-state index contributed by atoms with van der Waals surface area (Å²) in [6, 6.07) is 6.50. The van der Waals surface area contributed by atoms with E-state index in [9.17, 15) is 8.42 Å². The topological polar surface area (TPSA) is 46.4 Å². The first kappa shape index (κ1) is 11.7. The summed E-state index contributed by atoms with van der Waals surface area (Å²) in [4.78, 5) is 0.154. The van der Waals surface area contributed by atoms with Crippen LogP contribution in [0.2, 0.25) is 0 Å². The normalized spacial score (nSPS) is 12.6. The van der Waals surface area contributed by atoms with E-state index in [0.717, 1.165) is 10.3 Å². The molecule has 0 bridgehead atoms. The van der Waals surface area contributed by atoms with E-state index in [-0.39, 0.29) is 4.90 Å². The lowest BCUT2D eigenvalue weighted by Gasteiger charge is -2.00. The number of hydrogen-bond acceptors (Lipinski definition) is 3. The van der Waals surface area contributed by atoms with Crippen LogP contribution in [0.5, 0.6) is 0 Å². The average molecular weight is 228 g/mol. The van der Waals surface area contributed by atoms with Gasteiger partial charge in [-0.1, -0.05) is 17.7 Å². The molecule has 1 aromatic rings. The van der Waals surface area contributed by atoms with Gasteiger partial charge in [0.1, 0.15) is 4.90 Å². The summed E-state index contributed by atoms with van der Waals surface area (Å²) >= 11 is 0. The molecule has 0 saturated carbocycles. The van der Waals surface area contributed by atoms with Crippen LogP contribution in [0, 0.1) is 6.92 Å². The Morgan fingerprint density at radius 3 is 2.27 bits per heavy atom. The maximum Gasteiger partial charge on any atom is 0.395 e. The Labute approximate surface area is 89.9 Å². The van der Waals surface area contributed by atoms with Gasteiger partial charge in [-0.25, -0.2) is 0 Å². The van der Waals surface area contributed by atoms with Crippen molar-refractivity contribution in [2.24, 2.45) is 0 Å². The highest BCUT2D eigenvalue weighted by Crippen LogP contribution is 2.12. The average Bonchev–Trinajstić information content (AvgIpc) is 2.17. The first-order chi connectivity index (χ1) is 6.95. The van der Waals surface area contributed by atoms with Gasteiger partial charge in [0.15, 0.2) is 13.3 Å². The molecule has 0 aliphatic heterocycles. The second kappa shape index (κ2) is 4.44. The third kappa shape index (κ3) is 3.06. The van der Waals surface area contributed by atoms with Gasteiger partial charge in [-0.15, -0.1) is 4.28 Å². The monoisotopic (exact) mass is 228 g/mol. The number of hydrogen-bond donors (Lipinski definition) is 0. The van der Waals surface area contributed by atoms with Crippen molar-refractivity contribution in [2.75, 3.05) is 7.05 Å². The second-order valence-corrected chi connectivity index (χ2v) is 4.67. The van der Waals surface area contributed by atoms with Gasteiger partial charge in [0.2, 0.25) is 0 Å². The summed E-state index contributed by atoms with van der Waals surface area (Å²) in [5, 5.41) is 0. The van der Waals surface area contributed by atoms with Gasteiger partial charge in [-0.05, 0) is 23.8 Å². The molecule has 15 heavy (non-hydrogen) atoms. The van der Waals surface area contributed by atoms with Gasteiger partial charge in [0.25, 0.3) is 0 Å². The molecule has 0 radical (unpaired) electrons. The second-order valence-electron chi connectivity index (χ2n) is 3.15. The molecule has 82 valence electrons. The Morgan fingerprint density at radius 2 is 1.80 bits per heavy atom. The van der Waals surface area contributed by atoms with Crippen molar-refractivity contribution in [2.45, 2.75) is 18.7 Å². The molecule has 0 saturated heterocycles. The van der Waals surface area contributed by atoms with E-state index < -0.39 is 10.1 Å². The van der Waals surface area contributed by atoms with Crippen LogP contribution in [0.4, 0.5) is 0 Å². The van der Waals surface area contributed by atoms with Crippen LogP contribution in [0.15, 0.2) is 29.2 Å². The molecular formula is C10H14NO3S+. The molecule has 0 aliphatic rings. The van der Waals surface area contributed by atoms with Gasteiger partial charge in [0.05, 0.1) is 0 Å². The van der Waals surface area contributed by atoms with Crippen LogP contribution >= 0.6 is 0 Å². The highest BCUT2D eigenvalue weighted by Gasteiger charge is 2.20. The number of nitrogens with zero attached hydrogens (tertiary/aromatic N) is 1. The first-order valence-corrected chi connectivity index (χ1v) is 5.90. The van der Waals surface area contributed by atoms with Crippen molar-refractivity contribution < 1.29 is 17.4 Å². The van der Waals surface area contributed by atoms with Gasteiger partial charge < -0.3 is 0 Å². The van der Waals surface area contributed by atoms with Crippen molar-refractivity contribution in [1.82, 2.24) is 0 Å². The fourth-order valence-corrected chi connectivity index (χ4v) is 1.90. The van der Waals surface area contributed by atoms with Gasteiger partial charge in [-0.2, -0.15) is 8.42 Å². The van der Waals surface area contributed by atoms with Gasteiger partial charge >= 0.3 is 10.1 Å². The van der Waals surface area contributed by atoms with E-state index in [2.05, 4.69) is 0 Å². The molecule has 0 fully saturated rings. The standard InChI is InChI=1S/C10H14NO3S/c1-4-11(3)14-15(12,13)10-7-5-9(2)6-8-10/h4-8H,1-3H3/q+1. The van der Waals surface area contributed by atoms with Crippen molar-refractivity contribution in [3.63, 3.8) is 0 Å². The lowest BCUT2D eigenvalue weighted by Crippen LogP contribution is -2.15. The zero-order valence-electron chi connectivity index (χ0n) is 8.97. The Hall–Kier alpha value is -1.36. The summed E-state index contributed by atoms with van der Waals surface area (Å²) in [7, 11) is -2.17. The molecular weight excluding hydrogens is 214 g/mol. The minimum Gasteiger partial charge on any atom is -0.176 e. The zero-order chi connectivity index (χ0) is 11.5. The van der Waals surface area contributed by atoms with Crippen molar-refractivity contribution in [3.05, 3.63) is 29.8 Å². The van der Waals surface area contributed by atoms with Crippen molar-refractivity contribution in [3.8, 4) is 0 Å². The third-order valence-corrected chi connectivity index (χ3v) is 3.17. The third-order valence-electron chi connectivity index (χ3n) is 1.89. The first-order valence-electron chi connectivity index (χ1n) is 4.49. The highest BCUT2D eigenvalue weighted by atomic mass is 32.2. The summed E-state index contributed by atoms with van der Waals surface area (Å²) in [6.07, 6.45) is 1.52. The van der Waals surface area contributed by atoms with Crippen LogP contribution < -0.4 is 0 Å². The lowest BCUT2D eigenvalue weighted by atomic mass is 10.2. The molecule has 1 rings (SSSR count). The van der Waals surface area contributed by atoms with E-state index >= 15 is 0 Å². The van der Waals surface area contributed by atoms with Crippen LogP contribution in [0.1, 0.15) is 12.5 Å². The lowest BCUT2D eigenvalue weighted by molar-refractivity contribution is -0.720. The molecule has 0 heterocycles. The molecule has 4 nitrogen and oxygen atoms in total. The number of rotatable bonds is 3. The quantitative estimate of drug-likeness (QED) is 0.445. The zero-order valence-corrected chi connectivity index (χ0v) is 9.78. The fourth-order valence-electron chi connectivity index (χ4n) is 0.946. The van der Waals surface area contributed by atoms with Crippen LogP contribution in [0.3, 0.4) is 0 Å². The van der Waals surface area contributed by atoms with Crippen molar-refractivity contribution >= 4 is 16.3 Å². The Kier molecular flexibility index (Phi) is 3.47. The number of hydroxylamine groups is 1. The highest BCUT2D eigenvalue weighted by molar-refractivity contribution is 7.86. The van der Waals surface area contributed by atoms with Crippen LogP contribution in [-0.4, -0.2) is 26.4 Å². The maximum absolute atomic E-state index is 11.6. The molecule has 0 atom stereocenters. The molecule has 5 heteroatoms. The Morgan fingerprint density at radius 1 is 1.27 bits per heavy atom. The summed E-state index contributed by atoms with van der Waals surface area (Å²) < 4.78 is 29.2. The maximum atomic E-state index is 11.6. The molecule has 0 amide bonds. The Bertz CT molecular complexity index is 460. The summed E-state index contributed by atoms with van der Waals surface area (Å²) in [6.45, 7) is 3.58. The molecule has 1 aromatic carbocycles. The largest absolute Gasteiger partial charge is 0.395 e. The molecule has 0 spiro atoms. The van der Waals surface area contributed by atoms with Gasteiger partial charge in [0, 0.05) is 6.92 Å². The summed E-state index contributed by atoms with van der Waals surface area (Å²) in [5.74, 6) is 0. The van der Waals surface area contributed by atoms with Crippen LogP contribution in [0.25, 0.3) is 0 Å². The van der Waals surface area contributed by atoms with E-state index in [1.165, 1.54) is 25.4 Å². The molecule has 0 unspecified atom stereocenters. The predicted octanol–water partition coefficient (Wildman–Crippen LogP) is 1.35. The minimum absolute atomic E-state index is 0.154. The minimum atomic E-state index is -3.69. The van der Waals surface area contributed by atoms with E-state index in [4.69, 9.17) is 4.28 Å². The SMILES string of the molecule is CC=[N+](C)OS(=O)(=O)c1ccc(C)cc1. The van der Waals surface area contributed by atoms with Crippen LogP contribution in [-0.2, 0) is 14.4 Å². The smallest absolute Gasteiger partial charge is 0.176 e. The van der Waals surface area contributed by atoms with Crippen molar-refractivity contribution in [1.29, 1.82) is 0 Å². The van der Waals surface area contributed by atoms with E-state index in [0.29, 0.717) is 0 Å². The number of benzene rings is 1. The predicted molar refractivity (Wildman–Crippen MR) is 57.4 cm³/mol. The van der Waals surface area contributed by atoms with E-state index in [1.807, 2.05) is 6.92 Å². The fraction of sp³-hybridized carbons (Fsp3) is 0.300. The summed E-state index contributed by atoms with van der Waals surface area (Å²) in [5.41, 5.74) is 1.00. The Balaban J connectivity index is 3.02. The van der Waals surface area contributed by atoms with E-state index in [1.54, 1.807) is 19.1 Å².